The Balaban J connectivity index is 4.68. The van der Waals surface area contributed by atoms with Gasteiger partial charge in [-0.1, -0.05) is 55.2 Å². The Morgan fingerprint density at radius 2 is 1.56 bits per heavy atom. The molecule has 9 heteroatoms. The third kappa shape index (κ3) is 16.1. The molecule has 0 spiro atoms. The lowest BCUT2D eigenvalue weighted by Gasteiger charge is -2.24. The molecular weight excluding hydrogens is 472 g/mol. The van der Waals surface area contributed by atoms with Crippen molar-refractivity contribution in [2.75, 3.05) is 17.8 Å². The van der Waals surface area contributed by atoms with Crippen LogP contribution in [0, 0.1) is 5.92 Å². The molecule has 0 saturated carbocycles. The molecule has 0 radical (unpaired) electrons. The van der Waals surface area contributed by atoms with Crippen LogP contribution in [0.15, 0.2) is 34.9 Å². The van der Waals surface area contributed by atoms with Crippen molar-refractivity contribution in [1.82, 2.24) is 10.0 Å². The van der Waals surface area contributed by atoms with Gasteiger partial charge in [0, 0.05) is 11.5 Å². The summed E-state index contributed by atoms with van der Waals surface area (Å²) in [6.45, 7) is 12.0. The molecule has 0 aromatic heterocycles. The molecule has 1 amide bonds. The molecule has 34 heavy (non-hydrogen) atoms. The fraction of sp³-hybridized carbons (Fsp3) is 0.680. The highest BCUT2D eigenvalue weighted by atomic mass is 32.2. The number of aliphatic carboxylic acids is 1. The van der Waals surface area contributed by atoms with E-state index in [0.717, 1.165) is 31.9 Å². The SMILES string of the molecule is CC[C@H](C)[C@H](NS(C)(=O)=O)C(=O)N[C@@H](CSC/C=C(\C)CC/C=C(\C)CCC=C(C)C)C(=O)O. The van der Waals surface area contributed by atoms with Crippen LogP contribution in [0.3, 0.4) is 0 Å². The van der Waals surface area contributed by atoms with Crippen LogP contribution in [-0.4, -0.2) is 55.2 Å². The number of allylic oxidation sites excluding steroid dienone is 5. The molecule has 196 valence electrons. The van der Waals surface area contributed by atoms with Gasteiger partial charge in [-0.3, -0.25) is 4.79 Å². The summed E-state index contributed by atoms with van der Waals surface area (Å²) in [5.41, 5.74) is 3.97. The minimum absolute atomic E-state index is 0.195. The summed E-state index contributed by atoms with van der Waals surface area (Å²) in [4.78, 5) is 24.3. The second kappa shape index (κ2) is 16.9. The number of nitrogens with one attached hydrogen (secondary N) is 2. The van der Waals surface area contributed by atoms with Crippen LogP contribution >= 0.6 is 11.8 Å². The van der Waals surface area contributed by atoms with Gasteiger partial charge >= 0.3 is 5.97 Å². The predicted molar refractivity (Wildman–Crippen MR) is 144 cm³/mol. The van der Waals surface area contributed by atoms with Gasteiger partial charge in [-0.05, 0) is 59.3 Å². The largest absolute Gasteiger partial charge is 0.480 e. The number of hydrogen-bond donors (Lipinski definition) is 3. The van der Waals surface area contributed by atoms with Gasteiger partial charge in [-0.2, -0.15) is 11.8 Å². The van der Waals surface area contributed by atoms with Crippen molar-refractivity contribution < 1.29 is 23.1 Å². The van der Waals surface area contributed by atoms with Crippen molar-refractivity contribution >= 4 is 33.7 Å². The normalized spacial score (nSPS) is 15.4. The molecule has 3 atom stereocenters. The highest BCUT2D eigenvalue weighted by Gasteiger charge is 2.30. The number of amides is 1. The zero-order valence-corrected chi connectivity index (χ0v) is 23.4. The summed E-state index contributed by atoms with van der Waals surface area (Å²) in [5, 5.41) is 12.0. The van der Waals surface area contributed by atoms with E-state index in [9.17, 15) is 23.1 Å². The number of thioether (sulfide) groups is 1. The number of carbonyl (C=O) groups excluding carboxylic acids is 1. The number of hydrogen-bond acceptors (Lipinski definition) is 5. The fourth-order valence-electron chi connectivity index (χ4n) is 3.06. The number of sulfonamides is 1. The van der Waals surface area contributed by atoms with Crippen molar-refractivity contribution in [3.05, 3.63) is 34.9 Å². The fourth-order valence-corrected chi connectivity index (χ4v) is 4.86. The van der Waals surface area contributed by atoms with E-state index < -0.39 is 34.0 Å². The van der Waals surface area contributed by atoms with Crippen molar-refractivity contribution in [2.24, 2.45) is 5.92 Å². The molecule has 0 unspecified atom stereocenters. The number of carboxylic acid groups (broad SMARTS) is 1. The molecule has 0 saturated heterocycles. The standard InChI is InChI=1S/C25H44N2O5S2/c1-8-21(6)23(27-34(7,31)32)24(28)26-22(25(29)30)17-33-16-15-20(5)14-10-13-19(4)12-9-11-18(2)3/h11,13,15,21-23,27H,8-10,12,14,16-17H2,1-7H3,(H,26,28)(H,29,30)/b19-13+,20-15+/t21-,22-,23-/m0/s1. The molecule has 7 nitrogen and oxygen atoms in total. The van der Waals surface area contributed by atoms with Crippen LogP contribution in [0.25, 0.3) is 0 Å². The van der Waals surface area contributed by atoms with E-state index in [1.54, 1.807) is 6.92 Å². The second-order valence-electron chi connectivity index (χ2n) is 9.15. The minimum Gasteiger partial charge on any atom is -0.480 e. The Bertz CT molecular complexity index is 843. The molecule has 0 heterocycles. The molecule has 0 bridgehead atoms. The third-order valence-electron chi connectivity index (χ3n) is 5.41. The average Bonchev–Trinajstić information content (AvgIpc) is 2.72. The Morgan fingerprint density at radius 1 is 1.00 bits per heavy atom. The first-order chi connectivity index (χ1) is 15.8. The summed E-state index contributed by atoms with van der Waals surface area (Å²) in [5.74, 6) is -1.19. The van der Waals surface area contributed by atoms with E-state index in [1.807, 2.05) is 6.92 Å². The highest BCUT2D eigenvalue weighted by molar-refractivity contribution is 7.99. The van der Waals surface area contributed by atoms with Gasteiger partial charge in [0.05, 0.1) is 6.26 Å². The Morgan fingerprint density at radius 3 is 2.06 bits per heavy atom. The molecule has 0 aliphatic heterocycles. The Kier molecular flexibility index (Phi) is 16.2. The minimum atomic E-state index is -3.61. The maximum atomic E-state index is 12.6. The molecule has 0 fully saturated rings. The molecule has 0 aromatic rings. The van der Waals surface area contributed by atoms with Crippen LogP contribution in [0.1, 0.15) is 73.6 Å². The first-order valence-corrected chi connectivity index (χ1v) is 14.8. The van der Waals surface area contributed by atoms with Crippen LogP contribution in [0.4, 0.5) is 0 Å². The highest BCUT2D eigenvalue weighted by Crippen LogP contribution is 2.14. The van der Waals surface area contributed by atoms with Gasteiger partial charge in [0.1, 0.15) is 12.1 Å². The summed E-state index contributed by atoms with van der Waals surface area (Å²) in [6, 6.07) is -2.10. The van der Waals surface area contributed by atoms with Gasteiger partial charge in [0.15, 0.2) is 0 Å². The predicted octanol–water partition coefficient (Wildman–Crippen LogP) is 4.67. The van der Waals surface area contributed by atoms with E-state index in [2.05, 4.69) is 56.0 Å². The van der Waals surface area contributed by atoms with Crippen molar-refractivity contribution in [3.63, 3.8) is 0 Å². The second-order valence-corrected chi connectivity index (χ2v) is 12.0. The summed E-state index contributed by atoms with van der Waals surface area (Å²) in [6.07, 6.45) is 12.2. The molecule has 3 N–H and O–H groups in total. The molecule has 0 aliphatic rings. The molecule has 0 rings (SSSR count). The van der Waals surface area contributed by atoms with Crippen LogP contribution in [-0.2, 0) is 19.6 Å². The quantitative estimate of drug-likeness (QED) is 0.191. The Hall–Kier alpha value is -1.58. The van der Waals surface area contributed by atoms with E-state index in [4.69, 9.17) is 0 Å². The van der Waals surface area contributed by atoms with Gasteiger partial charge in [-0.15, -0.1) is 0 Å². The van der Waals surface area contributed by atoms with Crippen LogP contribution in [0.2, 0.25) is 0 Å². The lowest BCUT2D eigenvalue weighted by Crippen LogP contribution is -2.54. The lowest BCUT2D eigenvalue weighted by molar-refractivity contribution is -0.141. The first-order valence-electron chi connectivity index (χ1n) is 11.8. The van der Waals surface area contributed by atoms with Crippen LogP contribution < -0.4 is 10.0 Å². The van der Waals surface area contributed by atoms with Crippen molar-refractivity contribution in [3.8, 4) is 0 Å². The summed E-state index contributed by atoms with van der Waals surface area (Å²) < 4.78 is 25.6. The van der Waals surface area contributed by atoms with Gasteiger partial charge in [0.25, 0.3) is 0 Å². The average molecular weight is 517 g/mol. The van der Waals surface area contributed by atoms with Gasteiger partial charge in [-0.25, -0.2) is 17.9 Å². The van der Waals surface area contributed by atoms with E-state index in [0.29, 0.717) is 12.2 Å². The summed E-state index contributed by atoms with van der Waals surface area (Å²) >= 11 is 1.42. The van der Waals surface area contributed by atoms with E-state index in [1.165, 1.54) is 28.5 Å². The lowest BCUT2D eigenvalue weighted by atomic mass is 9.99. The Labute approximate surface area is 211 Å². The monoisotopic (exact) mass is 516 g/mol. The number of rotatable bonds is 17. The third-order valence-corrected chi connectivity index (χ3v) is 7.06. The zero-order chi connectivity index (χ0) is 26.3. The van der Waals surface area contributed by atoms with Gasteiger partial charge < -0.3 is 10.4 Å². The van der Waals surface area contributed by atoms with Gasteiger partial charge in [0.2, 0.25) is 15.9 Å². The van der Waals surface area contributed by atoms with Crippen molar-refractivity contribution in [1.29, 1.82) is 0 Å². The van der Waals surface area contributed by atoms with Crippen LogP contribution in [0.5, 0.6) is 0 Å². The summed E-state index contributed by atoms with van der Waals surface area (Å²) in [7, 11) is -3.61. The molecule has 0 aromatic carbocycles. The number of carboxylic acids is 1. The van der Waals surface area contributed by atoms with E-state index >= 15 is 0 Å². The maximum Gasteiger partial charge on any atom is 0.327 e. The van der Waals surface area contributed by atoms with Crippen molar-refractivity contribution in [2.45, 2.75) is 85.7 Å². The maximum absolute atomic E-state index is 12.6. The topological polar surface area (TPSA) is 113 Å². The first kappa shape index (κ1) is 32.4. The zero-order valence-electron chi connectivity index (χ0n) is 21.8. The van der Waals surface area contributed by atoms with E-state index in [-0.39, 0.29) is 11.7 Å². The number of carbonyl (C=O) groups is 2. The molecular formula is C25H44N2O5S2. The smallest absolute Gasteiger partial charge is 0.327 e. The molecule has 0 aliphatic carbocycles.